The zero-order valence-corrected chi connectivity index (χ0v) is 12.5. The number of halogens is 1. The molecular weight excluding hydrogens is 322 g/mol. The minimum Gasteiger partial charge on any atom is -0.508 e. The number of benzene rings is 2. The van der Waals surface area contributed by atoms with Crippen molar-refractivity contribution in [3.05, 3.63) is 68.7 Å². The normalized spacial score (nSPS) is 10.7. The van der Waals surface area contributed by atoms with Crippen LogP contribution in [0.3, 0.4) is 0 Å². The van der Waals surface area contributed by atoms with E-state index in [0.29, 0.717) is 10.6 Å². The van der Waals surface area contributed by atoms with Gasteiger partial charge in [0, 0.05) is 11.1 Å². The standard InChI is InChI=1S/C15H12ClN3O4/c16-12-4-5-14(19(22)23)11(8-12)9-17-18-15(21)7-10-2-1-3-13(20)6-10/h1-6,8-9,20H,7H2,(H,18,21)/b17-9+. The van der Waals surface area contributed by atoms with Crippen molar-refractivity contribution in [2.24, 2.45) is 5.10 Å². The van der Waals surface area contributed by atoms with Crippen LogP contribution in [0.4, 0.5) is 5.69 Å². The Bertz CT molecular complexity index is 777. The smallest absolute Gasteiger partial charge is 0.278 e. The van der Waals surface area contributed by atoms with E-state index in [2.05, 4.69) is 10.5 Å². The number of carbonyl (C=O) groups excluding carboxylic acids is 1. The number of phenolic OH excluding ortho intramolecular Hbond substituents is 1. The maximum Gasteiger partial charge on any atom is 0.278 e. The van der Waals surface area contributed by atoms with Gasteiger partial charge in [-0.15, -0.1) is 0 Å². The van der Waals surface area contributed by atoms with Gasteiger partial charge < -0.3 is 5.11 Å². The van der Waals surface area contributed by atoms with Crippen LogP contribution in [0.1, 0.15) is 11.1 Å². The van der Waals surface area contributed by atoms with Crippen molar-refractivity contribution in [3.63, 3.8) is 0 Å². The number of rotatable bonds is 5. The van der Waals surface area contributed by atoms with Gasteiger partial charge in [0.2, 0.25) is 5.91 Å². The lowest BCUT2D eigenvalue weighted by atomic mass is 10.1. The molecule has 0 aliphatic carbocycles. The Morgan fingerprint density at radius 3 is 2.83 bits per heavy atom. The number of amides is 1. The first-order valence-electron chi connectivity index (χ1n) is 6.49. The van der Waals surface area contributed by atoms with E-state index in [0.717, 1.165) is 6.21 Å². The molecule has 1 amide bonds. The van der Waals surface area contributed by atoms with Gasteiger partial charge in [-0.1, -0.05) is 23.7 Å². The number of aromatic hydroxyl groups is 1. The van der Waals surface area contributed by atoms with Crippen LogP contribution in [-0.2, 0) is 11.2 Å². The van der Waals surface area contributed by atoms with E-state index in [4.69, 9.17) is 11.6 Å². The van der Waals surface area contributed by atoms with E-state index in [1.54, 1.807) is 12.1 Å². The Balaban J connectivity index is 2.03. The summed E-state index contributed by atoms with van der Waals surface area (Å²) in [6.45, 7) is 0. The average Bonchev–Trinajstić information content (AvgIpc) is 2.47. The first kappa shape index (κ1) is 16.4. The number of phenols is 1. The number of carbonyl (C=O) groups is 1. The van der Waals surface area contributed by atoms with E-state index in [-0.39, 0.29) is 23.4 Å². The highest BCUT2D eigenvalue weighted by Gasteiger charge is 2.12. The predicted octanol–water partition coefficient (Wildman–Crippen LogP) is 2.65. The molecule has 0 atom stereocenters. The summed E-state index contributed by atoms with van der Waals surface area (Å²) in [6, 6.07) is 10.3. The Labute approximate surface area is 136 Å². The molecule has 0 unspecified atom stereocenters. The summed E-state index contributed by atoms with van der Waals surface area (Å²) in [7, 11) is 0. The van der Waals surface area contributed by atoms with Crippen molar-refractivity contribution >= 4 is 29.4 Å². The van der Waals surface area contributed by atoms with Gasteiger partial charge in [-0.05, 0) is 29.8 Å². The summed E-state index contributed by atoms with van der Waals surface area (Å²) in [5.41, 5.74) is 2.90. The summed E-state index contributed by atoms with van der Waals surface area (Å²) in [5.74, 6) is -0.357. The van der Waals surface area contributed by atoms with Crippen molar-refractivity contribution in [2.75, 3.05) is 0 Å². The molecular formula is C15H12ClN3O4. The molecule has 0 aliphatic rings. The molecule has 0 radical (unpaired) electrons. The lowest BCUT2D eigenvalue weighted by molar-refractivity contribution is -0.385. The molecule has 7 nitrogen and oxygen atoms in total. The maximum atomic E-state index is 11.7. The average molecular weight is 334 g/mol. The molecule has 0 aliphatic heterocycles. The zero-order valence-electron chi connectivity index (χ0n) is 11.8. The first-order valence-corrected chi connectivity index (χ1v) is 6.87. The third-order valence-corrected chi connectivity index (χ3v) is 3.09. The fourth-order valence-electron chi connectivity index (χ4n) is 1.86. The van der Waals surface area contributed by atoms with Crippen LogP contribution < -0.4 is 5.43 Å². The van der Waals surface area contributed by atoms with Crippen LogP contribution in [0.5, 0.6) is 5.75 Å². The number of hydrazone groups is 1. The quantitative estimate of drug-likeness (QED) is 0.498. The Morgan fingerprint density at radius 1 is 1.35 bits per heavy atom. The molecule has 0 aromatic heterocycles. The second-order valence-electron chi connectivity index (χ2n) is 4.60. The van der Waals surface area contributed by atoms with Gasteiger partial charge in [-0.25, -0.2) is 5.43 Å². The minimum absolute atomic E-state index is 0.0172. The number of nitro benzene ring substituents is 1. The zero-order chi connectivity index (χ0) is 16.8. The third kappa shape index (κ3) is 4.79. The van der Waals surface area contributed by atoms with Gasteiger partial charge in [0.05, 0.1) is 23.1 Å². The van der Waals surface area contributed by atoms with Crippen LogP contribution in [0.2, 0.25) is 5.02 Å². The molecule has 0 saturated carbocycles. The van der Waals surface area contributed by atoms with Crippen LogP contribution in [0.15, 0.2) is 47.6 Å². The van der Waals surface area contributed by atoms with Crippen LogP contribution >= 0.6 is 11.6 Å². The van der Waals surface area contributed by atoms with E-state index in [9.17, 15) is 20.0 Å². The van der Waals surface area contributed by atoms with Crippen molar-refractivity contribution in [1.82, 2.24) is 5.43 Å². The predicted molar refractivity (Wildman–Crippen MR) is 85.7 cm³/mol. The largest absolute Gasteiger partial charge is 0.508 e. The molecule has 23 heavy (non-hydrogen) atoms. The van der Waals surface area contributed by atoms with Crippen LogP contribution in [0.25, 0.3) is 0 Å². The number of nitrogens with zero attached hydrogens (tertiary/aromatic N) is 2. The fraction of sp³-hybridized carbons (Fsp3) is 0.0667. The van der Waals surface area contributed by atoms with Gasteiger partial charge in [-0.3, -0.25) is 14.9 Å². The fourth-order valence-corrected chi connectivity index (χ4v) is 2.04. The van der Waals surface area contributed by atoms with Crippen molar-refractivity contribution in [1.29, 1.82) is 0 Å². The molecule has 8 heteroatoms. The van der Waals surface area contributed by atoms with Gasteiger partial charge >= 0.3 is 0 Å². The molecule has 2 aromatic carbocycles. The highest BCUT2D eigenvalue weighted by atomic mass is 35.5. The number of hydrogen-bond donors (Lipinski definition) is 2. The molecule has 0 bridgehead atoms. The van der Waals surface area contributed by atoms with Gasteiger partial charge in [0.15, 0.2) is 0 Å². The van der Waals surface area contributed by atoms with Gasteiger partial charge in [0.25, 0.3) is 5.69 Å². The SMILES string of the molecule is O=C(Cc1cccc(O)c1)N/N=C/c1cc(Cl)ccc1[N+](=O)[O-]. The van der Waals surface area contributed by atoms with Crippen LogP contribution in [-0.4, -0.2) is 22.2 Å². The number of nitrogens with one attached hydrogen (secondary N) is 1. The maximum absolute atomic E-state index is 11.7. The molecule has 2 aromatic rings. The highest BCUT2D eigenvalue weighted by Crippen LogP contribution is 2.20. The Kier molecular flexibility index (Phi) is 5.27. The summed E-state index contributed by atoms with van der Waals surface area (Å²) < 4.78 is 0. The first-order chi connectivity index (χ1) is 11.0. The number of nitro groups is 1. The number of hydrogen-bond acceptors (Lipinski definition) is 5. The summed E-state index contributed by atoms with van der Waals surface area (Å²) in [5, 5.41) is 24.2. The minimum atomic E-state index is -0.563. The van der Waals surface area contributed by atoms with E-state index >= 15 is 0 Å². The third-order valence-electron chi connectivity index (χ3n) is 2.85. The second-order valence-corrected chi connectivity index (χ2v) is 5.04. The molecule has 0 saturated heterocycles. The van der Waals surface area contributed by atoms with E-state index in [1.807, 2.05) is 0 Å². The van der Waals surface area contributed by atoms with Gasteiger partial charge in [-0.2, -0.15) is 5.10 Å². The molecule has 2 N–H and O–H groups in total. The second kappa shape index (κ2) is 7.37. The van der Waals surface area contributed by atoms with E-state index < -0.39 is 10.8 Å². The molecule has 118 valence electrons. The Morgan fingerprint density at radius 2 is 2.13 bits per heavy atom. The highest BCUT2D eigenvalue weighted by molar-refractivity contribution is 6.31. The molecule has 0 fully saturated rings. The molecule has 2 rings (SSSR count). The van der Waals surface area contributed by atoms with E-state index in [1.165, 1.54) is 30.3 Å². The monoisotopic (exact) mass is 333 g/mol. The topological polar surface area (TPSA) is 105 Å². The van der Waals surface area contributed by atoms with Crippen molar-refractivity contribution in [3.8, 4) is 5.75 Å². The Hall–Kier alpha value is -2.93. The van der Waals surface area contributed by atoms with Crippen molar-refractivity contribution < 1.29 is 14.8 Å². The molecule has 0 heterocycles. The summed E-state index contributed by atoms with van der Waals surface area (Å²) >= 11 is 5.79. The summed E-state index contributed by atoms with van der Waals surface area (Å²) in [6.07, 6.45) is 1.17. The lowest BCUT2D eigenvalue weighted by Crippen LogP contribution is -2.19. The van der Waals surface area contributed by atoms with Crippen molar-refractivity contribution in [2.45, 2.75) is 6.42 Å². The molecule has 0 spiro atoms. The lowest BCUT2D eigenvalue weighted by Gasteiger charge is -2.01. The van der Waals surface area contributed by atoms with Gasteiger partial charge in [0.1, 0.15) is 5.75 Å². The van der Waals surface area contributed by atoms with Crippen LogP contribution in [0, 0.1) is 10.1 Å². The summed E-state index contributed by atoms with van der Waals surface area (Å²) in [4.78, 5) is 22.1.